The molecule has 37 heavy (non-hydrogen) atoms. The lowest BCUT2D eigenvalue weighted by Crippen LogP contribution is -2.74. The van der Waals surface area contributed by atoms with Crippen LogP contribution in [0.15, 0.2) is 66.7 Å². The lowest BCUT2D eigenvalue weighted by molar-refractivity contribution is -0.178. The predicted molar refractivity (Wildman–Crippen MR) is 135 cm³/mol. The maximum absolute atomic E-state index is 13.4. The van der Waals surface area contributed by atoms with Gasteiger partial charge in [-0.25, -0.2) is 14.4 Å². The highest BCUT2D eigenvalue weighted by molar-refractivity contribution is 6.67. The molecule has 0 aliphatic carbocycles. The zero-order chi connectivity index (χ0) is 26.7. The first-order chi connectivity index (χ1) is 17.6. The van der Waals surface area contributed by atoms with Crippen LogP contribution in [-0.4, -0.2) is 74.0 Å². The number of hydrogen-bond acceptors (Lipinski definition) is 6. The molecule has 194 valence electrons. The molecule has 2 amide bonds. The second-order valence-corrected chi connectivity index (χ2v) is 10.8. The largest absolute Gasteiger partial charge is 0.479 e. The van der Waals surface area contributed by atoms with E-state index in [-0.39, 0.29) is 6.61 Å². The Labute approximate surface area is 227 Å². The Morgan fingerprint density at radius 1 is 1.08 bits per heavy atom. The highest BCUT2D eigenvalue weighted by atomic mass is 35.6. The van der Waals surface area contributed by atoms with Crippen molar-refractivity contribution in [2.45, 2.75) is 28.0 Å². The van der Waals surface area contributed by atoms with Crippen molar-refractivity contribution in [1.29, 1.82) is 0 Å². The van der Waals surface area contributed by atoms with Gasteiger partial charge in [-0.2, -0.15) is 0 Å². The molecular weight excluding hydrogens is 547 g/mol. The van der Waals surface area contributed by atoms with E-state index in [2.05, 4.69) is 0 Å². The number of likely N-dealkylation sites (tertiary alicyclic amines) is 1. The van der Waals surface area contributed by atoms with E-state index in [9.17, 15) is 24.3 Å². The smallest absolute Gasteiger partial charge is 0.411 e. The third kappa shape index (κ3) is 5.84. The van der Waals surface area contributed by atoms with E-state index in [0.717, 1.165) is 16.0 Å². The summed E-state index contributed by atoms with van der Waals surface area (Å²) in [6, 6.07) is 13.3. The second-order valence-electron chi connectivity index (χ2n) is 8.33. The molecule has 2 aromatic rings. The number of amides is 2. The van der Waals surface area contributed by atoms with Crippen LogP contribution in [0.25, 0.3) is 6.08 Å². The maximum Gasteiger partial charge on any atom is 0.411 e. The number of hydrogen-bond donors (Lipinski definition) is 1. The van der Waals surface area contributed by atoms with Crippen molar-refractivity contribution in [2.75, 3.05) is 13.2 Å². The van der Waals surface area contributed by atoms with E-state index in [4.69, 9.17) is 44.3 Å². The van der Waals surface area contributed by atoms with Gasteiger partial charge in [-0.15, -0.1) is 0 Å². The van der Waals surface area contributed by atoms with Crippen molar-refractivity contribution < 1.29 is 33.8 Å². The molecule has 9 nitrogen and oxygen atoms in total. The fourth-order valence-corrected chi connectivity index (χ4v) is 4.47. The van der Waals surface area contributed by atoms with Gasteiger partial charge in [-0.3, -0.25) is 9.69 Å². The molecule has 2 aliphatic rings. The Morgan fingerprint density at radius 2 is 1.70 bits per heavy atom. The Bertz CT molecular complexity index is 1200. The molecule has 4 atom stereocenters. The normalized spacial score (nSPS) is 22.5. The number of halogens is 3. The number of ether oxygens (including phenoxy) is 2. The van der Waals surface area contributed by atoms with Crippen LogP contribution in [0.2, 0.25) is 0 Å². The van der Waals surface area contributed by atoms with Crippen LogP contribution in [0, 0.1) is 0 Å². The minimum atomic E-state index is -2.03. The Hall–Kier alpha value is -3.27. The number of rotatable bonds is 8. The number of alkyl halides is 3. The summed E-state index contributed by atoms with van der Waals surface area (Å²) >= 11 is 16.9. The topological polar surface area (TPSA) is 113 Å². The number of carbonyl (C=O) groups is 4. The summed E-state index contributed by atoms with van der Waals surface area (Å²) in [5, 5.41) is 9.84. The number of carboxylic acid groups (broad SMARTS) is 1. The highest BCUT2D eigenvalue weighted by Crippen LogP contribution is 2.38. The third-order valence-corrected chi connectivity index (χ3v) is 6.27. The van der Waals surface area contributed by atoms with Crippen molar-refractivity contribution >= 4 is 64.8 Å². The lowest BCUT2D eigenvalue weighted by Gasteiger charge is -2.51. The van der Waals surface area contributed by atoms with Gasteiger partial charge in [0.25, 0.3) is 0 Å². The molecule has 2 aromatic carbocycles. The molecule has 4 rings (SSSR count). The standard InChI is InChI=1S/C25H21Cl3N2O7/c26-25(27,28)14-37-23(34)20(22(32)33)29-17(12-11-15-7-3-1-4-8-15)19(21(29)31)30-18(13-36-24(30)35)16-9-5-2-6-10-16/h1-12,17-20H,13-14H2,(H,32,33)/t17?,18-,19?,20?/m1/s1. The van der Waals surface area contributed by atoms with Crippen molar-refractivity contribution in [1.82, 2.24) is 9.80 Å². The average Bonchev–Trinajstić information content (AvgIpc) is 3.24. The molecule has 0 bridgehead atoms. The van der Waals surface area contributed by atoms with Gasteiger partial charge in [0.05, 0.1) is 12.1 Å². The van der Waals surface area contributed by atoms with Crippen LogP contribution < -0.4 is 0 Å². The van der Waals surface area contributed by atoms with E-state index in [1.54, 1.807) is 60.7 Å². The summed E-state index contributed by atoms with van der Waals surface area (Å²) in [6.07, 6.45) is 2.50. The highest BCUT2D eigenvalue weighted by Gasteiger charge is 2.60. The molecule has 2 aliphatic heterocycles. The fourth-order valence-electron chi connectivity index (χ4n) is 4.31. The molecule has 2 saturated heterocycles. The molecule has 1 N–H and O–H groups in total. The molecule has 12 heteroatoms. The molecule has 2 heterocycles. The van der Waals surface area contributed by atoms with Crippen molar-refractivity contribution in [2.24, 2.45) is 0 Å². The van der Waals surface area contributed by atoms with Gasteiger partial charge in [-0.05, 0) is 11.1 Å². The first-order valence-corrected chi connectivity index (χ1v) is 12.2. The SMILES string of the molecule is O=C(O)C(C(=O)OCC(Cl)(Cl)Cl)N1C(=O)C(N2C(=O)OC[C@@H]2c2ccccc2)C1C=Cc1ccccc1. The van der Waals surface area contributed by atoms with E-state index < -0.39 is 58.5 Å². The average molecular weight is 568 g/mol. The summed E-state index contributed by atoms with van der Waals surface area (Å²) in [7, 11) is 0. The summed E-state index contributed by atoms with van der Waals surface area (Å²) in [4.78, 5) is 53.2. The number of esters is 1. The van der Waals surface area contributed by atoms with Crippen LogP contribution >= 0.6 is 34.8 Å². The number of cyclic esters (lactones) is 1. The molecule has 0 spiro atoms. The minimum Gasteiger partial charge on any atom is -0.479 e. The van der Waals surface area contributed by atoms with E-state index in [1.165, 1.54) is 4.90 Å². The minimum absolute atomic E-state index is 0.00932. The first kappa shape index (κ1) is 26.8. The van der Waals surface area contributed by atoms with Crippen LogP contribution in [0.3, 0.4) is 0 Å². The fraction of sp³-hybridized carbons (Fsp3) is 0.280. The van der Waals surface area contributed by atoms with Gasteiger partial charge in [0.15, 0.2) is 0 Å². The van der Waals surface area contributed by atoms with E-state index in [0.29, 0.717) is 0 Å². The second kappa shape index (κ2) is 11.0. The molecule has 0 saturated carbocycles. The van der Waals surface area contributed by atoms with Crippen LogP contribution in [0.1, 0.15) is 17.2 Å². The Kier molecular flexibility index (Phi) is 7.96. The molecule has 2 fully saturated rings. The van der Waals surface area contributed by atoms with Crippen molar-refractivity contribution in [3.63, 3.8) is 0 Å². The van der Waals surface area contributed by atoms with Gasteiger partial charge in [-0.1, -0.05) is 108 Å². The monoisotopic (exact) mass is 566 g/mol. The Balaban J connectivity index is 1.68. The van der Waals surface area contributed by atoms with Crippen molar-refractivity contribution in [3.8, 4) is 0 Å². The number of nitrogens with zero attached hydrogens (tertiary/aromatic N) is 2. The number of carbonyl (C=O) groups excluding carboxylic acids is 3. The Morgan fingerprint density at radius 3 is 2.30 bits per heavy atom. The maximum atomic E-state index is 13.4. The number of aliphatic carboxylic acids is 1. The first-order valence-electron chi connectivity index (χ1n) is 11.1. The zero-order valence-corrected chi connectivity index (χ0v) is 21.3. The summed E-state index contributed by atoms with van der Waals surface area (Å²) in [5.74, 6) is -3.68. The van der Waals surface area contributed by atoms with Crippen molar-refractivity contribution in [3.05, 3.63) is 77.9 Å². The van der Waals surface area contributed by atoms with E-state index >= 15 is 0 Å². The number of benzene rings is 2. The molecule has 3 unspecified atom stereocenters. The third-order valence-electron chi connectivity index (χ3n) is 5.95. The van der Waals surface area contributed by atoms with Crippen LogP contribution in [-0.2, 0) is 23.9 Å². The quantitative estimate of drug-likeness (QED) is 0.223. The molecular formula is C25H21Cl3N2O7. The van der Waals surface area contributed by atoms with Gasteiger partial charge in [0.2, 0.25) is 15.7 Å². The van der Waals surface area contributed by atoms with Gasteiger partial charge in [0.1, 0.15) is 19.3 Å². The molecule has 0 aromatic heterocycles. The van der Waals surface area contributed by atoms with Crippen LogP contribution in [0.5, 0.6) is 0 Å². The van der Waals surface area contributed by atoms with Crippen LogP contribution in [0.4, 0.5) is 4.79 Å². The summed E-state index contributed by atoms with van der Waals surface area (Å²) in [5.41, 5.74) is 1.50. The van der Waals surface area contributed by atoms with E-state index in [1.807, 2.05) is 12.1 Å². The molecule has 0 radical (unpaired) electrons. The number of carboxylic acids is 1. The summed E-state index contributed by atoms with van der Waals surface area (Å²) in [6.45, 7) is -0.708. The lowest BCUT2D eigenvalue weighted by atomic mass is 9.88. The van der Waals surface area contributed by atoms with Gasteiger partial charge in [0, 0.05) is 0 Å². The van der Waals surface area contributed by atoms with Gasteiger partial charge >= 0.3 is 18.0 Å². The summed E-state index contributed by atoms with van der Waals surface area (Å²) < 4.78 is 8.16. The van der Waals surface area contributed by atoms with Gasteiger partial charge < -0.3 is 19.5 Å². The number of β-lactam (4-membered cyclic amide) rings is 1. The zero-order valence-electron chi connectivity index (χ0n) is 19.1. The predicted octanol–water partition coefficient (Wildman–Crippen LogP) is 3.84.